The summed E-state index contributed by atoms with van der Waals surface area (Å²) in [5.41, 5.74) is 0. The Balaban J connectivity index is 4.40. The van der Waals surface area contributed by atoms with Crippen LogP contribution in [0.15, 0.2) is 48.6 Å². The molecule has 0 spiro atoms. The number of nitrogens with zero attached hydrogens (tertiary/aromatic N) is 1. The van der Waals surface area contributed by atoms with E-state index in [-0.39, 0.29) is 36.2 Å². The molecule has 2 atom stereocenters. The number of allylic oxidation sites excluding steroid dienone is 8. The van der Waals surface area contributed by atoms with E-state index in [0.29, 0.717) is 19.3 Å². The molecular weight excluding hydrogens is 666 g/mol. The van der Waals surface area contributed by atoms with Crippen LogP contribution in [0.4, 0.5) is 0 Å². The zero-order valence-electron chi connectivity index (χ0n) is 34.7. The van der Waals surface area contributed by atoms with Gasteiger partial charge in [0.05, 0.1) is 34.4 Å². The van der Waals surface area contributed by atoms with Crippen LogP contribution < -0.4 is 0 Å². The summed E-state index contributed by atoms with van der Waals surface area (Å²) in [4.78, 5) is 36.9. The lowest BCUT2D eigenvalue weighted by molar-refractivity contribution is -0.887. The SMILES string of the molecule is CCCCC/C=C/C=C/C=C/C=C/CCCCCCCC(=O)OCC(COCCC(C(=O)O)[N+](C)(C)C)OC(=O)CCCCCCCCCCCCC. The lowest BCUT2D eigenvalue weighted by Gasteiger charge is -2.31. The Bertz CT molecular complexity index is 1010. The van der Waals surface area contributed by atoms with Gasteiger partial charge in [0, 0.05) is 19.3 Å². The first kappa shape index (κ1) is 50.3. The number of esters is 2. The third-order valence-corrected chi connectivity index (χ3v) is 9.33. The van der Waals surface area contributed by atoms with Crippen LogP contribution in [0, 0.1) is 0 Å². The van der Waals surface area contributed by atoms with Gasteiger partial charge in [-0.25, -0.2) is 4.79 Å². The van der Waals surface area contributed by atoms with Crippen molar-refractivity contribution in [3.05, 3.63) is 48.6 Å². The molecule has 0 fully saturated rings. The minimum Gasteiger partial charge on any atom is -0.477 e. The number of carboxylic acid groups (broad SMARTS) is 1. The van der Waals surface area contributed by atoms with Crippen LogP contribution in [0.25, 0.3) is 0 Å². The van der Waals surface area contributed by atoms with E-state index in [0.717, 1.165) is 64.2 Å². The number of aliphatic carboxylic acids is 1. The average molecular weight is 747 g/mol. The first-order valence-corrected chi connectivity index (χ1v) is 21.2. The smallest absolute Gasteiger partial charge is 0.362 e. The van der Waals surface area contributed by atoms with Crippen molar-refractivity contribution in [3.63, 3.8) is 0 Å². The second-order valence-corrected chi connectivity index (χ2v) is 15.3. The summed E-state index contributed by atoms with van der Waals surface area (Å²) in [5, 5.41) is 9.60. The van der Waals surface area contributed by atoms with Crippen molar-refractivity contribution in [2.45, 2.75) is 180 Å². The minimum absolute atomic E-state index is 0.0538. The zero-order valence-corrected chi connectivity index (χ0v) is 34.7. The topological polar surface area (TPSA) is 99.1 Å². The molecule has 0 aliphatic carbocycles. The molecule has 0 bridgehead atoms. The van der Waals surface area contributed by atoms with Crippen LogP contribution in [0.2, 0.25) is 0 Å². The zero-order chi connectivity index (χ0) is 39.3. The summed E-state index contributed by atoms with van der Waals surface area (Å²) < 4.78 is 17.2. The van der Waals surface area contributed by atoms with Gasteiger partial charge in [0.2, 0.25) is 0 Å². The number of carbonyl (C=O) groups is 3. The van der Waals surface area contributed by atoms with Crippen molar-refractivity contribution in [2.75, 3.05) is 41.0 Å². The highest BCUT2D eigenvalue weighted by Gasteiger charge is 2.31. The van der Waals surface area contributed by atoms with Crippen LogP contribution in [-0.4, -0.2) is 80.6 Å². The van der Waals surface area contributed by atoms with E-state index in [4.69, 9.17) is 14.2 Å². The summed E-state index contributed by atoms with van der Waals surface area (Å²) in [5.74, 6) is -1.50. The number of carboxylic acids is 1. The van der Waals surface area contributed by atoms with E-state index in [1.54, 1.807) is 0 Å². The van der Waals surface area contributed by atoms with Crippen LogP contribution in [0.5, 0.6) is 0 Å². The van der Waals surface area contributed by atoms with Gasteiger partial charge < -0.3 is 23.8 Å². The second kappa shape index (κ2) is 36.3. The molecule has 306 valence electrons. The van der Waals surface area contributed by atoms with Gasteiger partial charge in [0.25, 0.3) is 0 Å². The molecule has 0 radical (unpaired) electrons. The van der Waals surface area contributed by atoms with Crippen molar-refractivity contribution in [1.82, 2.24) is 0 Å². The largest absolute Gasteiger partial charge is 0.477 e. The Hall–Kier alpha value is -2.71. The summed E-state index contributed by atoms with van der Waals surface area (Å²) >= 11 is 0. The summed E-state index contributed by atoms with van der Waals surface area (Å²) in [7, 11) is 5.51. The maximum atomic E-state index is 12.7. The number of unbranched alkanes of at least 4 members (excludes halogenated alkanes) is 18. The van der Waals surface area contributed by atoms with E-state index in [1.165, 1.54) is 70.6 Å². The maximum Gasteiger partial charge on any atom is 0.362 e. The van der Waals surface area contributed by atoms with E-state index in [9.17, 15) is 19.5 Å². The molecule has 0 heterocycles. The average Bonchev–Trinajstić information content (AvgIpc) is 3.11. The fourth-order valence-electron chi connectivity index (χ4n) is 5.98. The summed E-state index contributed by atoms with van der Waals surface area (Å²) in [6.45, 7) is 4.66. The Morgan fingerprint density at radius 2 is 1.00 bits per heavy atom. The highest BCUT2D eigenvalue weighted by Crippen LogP contribution is 2.14. The Kier molecular flexibility index (Phi) is 34.4. The summed E-state index contributed by atoms with van der Waals surface area (Å²) in [6.07, 6.45) is 41.4. The third kappa shape index (κ3) is 34.8. The lowest BCUT2D eigenvalue weighted by atomic mass is 10.1. The molecule has 0 aliphatic heterocycles. The van der Waals surface area contributed by atoms with E-state index >= 15 is 0 Å². The molecule has 0 rings (SSSR count). The maximum absolute atomic E-state index is 12.7. The third-order valence-electron chi connectivity index (χ3n) is 9.33. The Morgan fingerprint density at radius 1 is 0.566 bits per heavy atom. The van der Waals surface area contributed by atoms with Crippen molar-refractivity contribution in [1.29, 1.82) is 0 Å². The number of hydrogen-bond donors (Lipinski definition) is 1. The van der Waals surface area contributed by atoms with Gasteiger partial charge >= 0.3 is 17.9 Å². The van der Waals surface area contributed by atoms with Crippen LogP contribution >= 0.6 is 0 Å². The standard InChI is InChI=1S/C45H79NO7/c1-6-8-10-12-14-16-18-19-20-21-22-23-24-26-27-29-31-33-35-43(47)52-40-41(39-51-38-37-42(45(49)50)46(3,4)5)53-44(48)36-34-32-30-28-25-17-15-13-11-9-7-2/h14,16,18-23,41-42H,6-13,15,17,24-40H2,1-5H3/p+1/b16-14+,19-18+,21-20+,23-22+. The van der Waals surface area contributed by atoms with Crippen LogP contribution in [0.1, 0.15) is 168 Å². The Morgan fingerprint density at radius 3 is 1.51 bits per heavy atom. The molecule has 0 amide bonds. The number of likely N-dealkylation sites (N-methyl/N-ethyl adjacent to an activating group) is 1. The van der Waals surface area contributed by atoms with Gasteiger partial charge in [-0.15, -0.1) is 0 Å². The second-order valence-electron chi connectivity index (χ2n) is 15.3. The van der Waals surface area contributed by atoms with Gasteiger partial charge in [-0.2, -0.15) is 0 Å². The normalized spacial score (nSPS) is 13.5. The molecule has 0 saturated carbocycles. The van der Waals surface area contributed by atoms with Crippen molar-refractivity contribution in [3.8, 4) is 0 Å². The van der Waals surface area contributed by atoms with Crippen molar-refractivity contribution < 1.29 is 38.2 Å². The highest BCUT2D eigenvalue weighted by molar-refractivity contribution is 5.72. The van der Waals surface area contributed by atoms with Gasteiger partial charge in [-0.1, -0.05) is 159 Å². The molecule has 0 aliphatic rings. The molecule has 0 saturated heterocycles. The molecule has 53 heavy (non-hydrogen) atoms. The fourth-order valence-corrected chi connectivity index (χ4v) is 5.98. The van der Waals surface area contributed by atoms with E-state index in [1.807, 2.05) is 21.1 Å². The van der Waals surface area contributed by atoms with E-state index in [2.05, 4.69) is 62.5 Å². The highest BCUT2D eigenvalue weighted by atomic mass is 16.6. The number of hydrogen-bond acceptors (Lipinski definition) is 6. The van der Waals surface area contributed by atoms with Gasteiger partial charge in [-0.05, 0) is 38.5 Å². The number of rotatable bonds is 37. The molecule has 8 heteroatoms. The first-order chi connectivity index (χ1) is 25.6. The van der Waals surface area contributed by atoms with Gasteiger partial charge in [0.15, 0.2) is 12.1 Å². The predicted molar refractivity (Wildman–Crippen MR) is 220 cm³/mol. The van der Waals surface area contributed by atoms with E-state index < -0.39 is 18.1 Å². The molecule has 1 N–H and O–H groups in total. The monoisotopic (exact) mass is 747 g/mol. The predicted octanol–water partition coefficient (Wildman–Crippen LogP) is 11.2. The first-order valence-electron chi connectivity index (χ1n) is 21.2. The molecule has 0 aromatic heterocycles. The quantitative estimate of drug-likeness (QED) is 0.0292. The number of carbonyl (C=O) groups excluding carboxylic acids is 2. The van der Waals surface area contributed by atoms with Crippen molar-refractivity contribution in [2.24, 2.45) is 0 Å². The summed E-state index contributed by atoms with van der Waals surface area (Å²) in [6, 6.07) is -0.617. The van der Waals surface area contributed by atoms with Crippen molar-refractivity contribution >= 4 is 17.9 Å². The fraction of sp³-hybridized carbons (Fsp3) is 0.756. The molecule has 0 aromatic carbocycles. The molecular formula is C45H80NO7+. The minimum atomic E-state index is -0.880. The van der Waals surface area contributed by atoms with Crippen LogP contribution in [-0.2, 0) is 28.6 Å². The lowest BCUT2D eigenvalue weighted by Crippen LogP contribution is -2.50. The van der Waals surface area contributed by atoms with Gasteiger partial charge in [0.1, 0.15) is 6.61 Å². The Labute approximate surface area is 325 Å². The van der Waals surface area contributed by atoms with Crippen LogP contribution in [0.3, 0.4) is 0 Å². The molecule has 2 unspecified atom stereocenters. The number of ether oxygens (including phenoxy) is 3. The number of quaternary nitrogens is 1. The van der Waals surface area contributed by atoms with Gasteiger partial charge in [-0.3, -0.25) is 9.59 Å². The molecule has 8 nitrogen and oxygen atoms in total. The molecule has 0 aromatic rings.